The summed E-state index contributed by atoms with van der Waals surface area (Å²) in [6.07, 6.45) is -1.44. The van der Waals surface area contributed by atoms with Gasteiger partial charge in [0.1, 0.15) is 11.9 Å². The van der Waals surface area contributed by atoms with Crippen LogP contribution >= 0.6 is 0 Å². The van der Waals surface area contributed by atoms with Crippen LogP contribution in [0.4, 0.5) is 18.9 Å². The molecule has 1 aromatic carbocycles. The van der Waals surface area contributed by atoms with Crippen LogP contribution in [-0.4, -0.2) is 73.0 Å². The van der Waals surface area contributed by atoms with E-state index in [1.807, 2.05) is 0 Å². The number of hydrogen-bond acceptors (Lipinski definition) is 4. The van der Waals surface area contributed by atoms with Gasteiger partial charge >= 0.3 is 0 Å². The minimum Gasteiger partial charge on any atom is -0.366 e. The zero-order chi connectivity index (χ0) is 19.4. The summed E-state index contributed by atoms with van der Waals surface area (Å²) in [6.45, 7) is 1.07. The van der Waals surface area contributed by atoms with Gasteiger partial charge in [-0.2, -0.15) is 0 Å². The van der Waals surface area contributed by atoms with E-state index in [-0.39, 0.29) is 57.4 Å². The minimum absolute atomic E-state index is 0.0107. The molecule has 9 heteroatoms. The van der Waals surface area contributed by atoms with E-state index in [0.29, 0.717) is 12.2 Å². The molecule has 1 atom stereocenters. The van der Waals surface area contributed by atoms with Crippen LogP contribution in [0.25, 0.3) is 0 Å². The van der Waals surface area contributed by atoms with E-state index in [0.717, 1.165) is 0 Å². The molecule has 2 heterocycles. The predicted molar refractivity (Wildman–Crippen MR) is 92.0 cm³/mol. The van der Waals surface area contributed by atoms with Crippen LogP contribution in [-0.2, 0) is 14.3 Å². The van der Waals surface area contributed by atoms with Crippen LogP contribution in [0.15, 0.2) is 24.3 Å². The molecular formula is C18H22F3N3O3. The molecule has 2 amide bonds. The Hall–Kier alpha value is -2.13. The van der Waals surface area contributed by atoms with Gasteiger partial charge in [-0.3, -0.25) is 14.5 Å². The Morgan fingerprint density at radius 3 is 2.48 bits per heavy atom. The van der Waals surface area contributed by atoms with E-state index in [1.165, 1.54) is 29.2 Å². The topological polar surface area (TPSA) is 61.9 Å². The quantitative estimate of drug-likeness (QED) is 0.858. The van der Waals surface area contributed by atoms with Crippen LogP contribution in [0.2, 0.25) is 0 Å². The van der Waals surface area contributed by atoms with Crippen LogP contribution in [0.3, 0.4) is 0 Å². The van der Waals surface area contributed by atoms with Crippen molar-refractivity contribution in [3.05, 3.63) is 30.1 Å². The number of carbonyl (C=O) groups is 2. The van der Waals surface area contributed by atoms with E-state index in [4.69, 9.17) is 4.74 Å². The lowest BCUT2D eigenvalue weighted by Gasteiger charge is -2.37. The Kier molecular flexibility index (Phi) is 6.01. The first kappa shape index (κ1) is 19.6. The van der Waals surface area contributed by atoms with Gasteiger partial charge in [-0.05, 0) is 24.3 Å². The average Bonchev–Trinajstić information content (AvgIpc) is 2.63. The molecule has 0 saturated carbocycles. The summed E-state index contributed by atoms with van der Waals surface area (Å²) in [5.41, 5.74) is 0.483. The van der Waals surface area contributed by atoms with Crippen LogP contribution in [0.5, 0.6) is 0 Å². The zero-order valence-electron chi connectivity index (χ0n) is 14.8. The number of amides is 2. The third kappa shape index (κ3) is 5.43. The van der Waals surface area contributed by atoms with Crippen molar-refractivity contribution in [2.24, 2.45) is 0 Å². The molecule has 0 spiro atoms. The SMILES string of the molecule is O=C(CN1CCOC(C(=O)N2CCC(F)(F)CC2)C1)Nc1ccc(F)cc1. The molecule has 2 saturated heterocycles. The van der Waals surface area contributed by atoms with Crippen molar-refractivity contribution < 1.29 is 27.5 Å². The first-order valence-corrected chi connectivity index (χ1v) is 8.88. The second-order valence-corrected chi connectivity index (χ2v) is 6.83. The summed E-state index contributed by atoms with van der Waals surface area (Å²) in [6, 6.07) is 5.43. The van der Waals surface area contributed by atoms with Crippen molar-refractivity contribution in [3.8, 4) is 0 Å². The highest BCUT2D eigenvalue weighted by atomic mass is 19.3. The Bertz CT molecular complexity index is 674. The van der Waals surface area contributed by atoms with E-state index in [9.17, 15) is 22.8 Å². The van der Waals surface area contributed by atoms with Crippen molar-refractivity contribution >= 4 is 17.5 Å². The Balaban J connectivity index is 1.49. The summed E-state index contributed by atoms with van der Waals surface area (Å²) in [4.78, 5) is 27.8. The summed E-state index contributed by atoms with van der Waals surface area (Å²) < 4.78 is 44.9. The molecule has 148 valence electrons. The number of benzene rings is 1. The number of likely N-dealkylation sites (tertiary alicyclic amines) is 1. The van der Waals surface area contributed by atoms with E-state index >= 15 is 0 Å². The fourth-order valence-corrected chi connectivity index (χ4v) is 3.19. The van der Waals surface area contributed by atoms with Crippen molar-refractivity contribution in [2.45, 2.75) is 24.9 Å². The molecule has 0 bridgehead atoms. The molecule has 2 aliphatic heterocycles. The van der Waals surface area contributed by atoms with Gasteiger partial charge in [0, 0.05) is 44.7 Å². The van der Waals surface area contributed by atoms with Gasteiger partial charge in [-0.1, -0.05) is 0 Å². The van der Waals surface area contributed by atoms with E-state index in [2.05, 4.69) is 5.32 Å². The monoisotopic (exact) mass is 385 g/mol. The third-order valence-electron chi connectivity index (χ3n) is 4.73. The summed E-state index contributed by atoms with van der Waals surface area (Å²) in [7, 11) is 0. The van der Waals surface area contributed by atoms with Crippen molar-refractivity contribution in [1.29, 1.82) is 0 Å². The lowest BCUT2D eigenvalue weighted by molar-refractivity contribution is -0.155. The Morgan fingerprint density at radius 1 is 1.15 bits per heavy atom. The number of piperidine rings is 1. The summed E-state index contributed by atoms with van der Waals surface area (Å²) in [5, 5.41) is 2.67. The number of ether oxygens (including phenoxy) is 1. The molecule has 3 rings (SSSR count). The number of alkyl halides is 2. The smallest absolute Gasteiger partial charge is 0.253 e. The molecule has 0 aliphatic carbocycles. The molecular weight excluding hydrogens is 363 g/mol. The molecule has 2 fully saturated rings. The maximum atomic E-state index is 13.2. The number of hydrogen-bond donors (Lipinski definition) is 1. The fraction of sp³-hybridized carbons (Fsp3) is 0.556. The highest BCUT2D eigenvalue weighted by molar-refractivity contribution is 5.92. The Morgan fingerprint density at radius 2 is 1.81 bits per heavy atom. The molecule has 1 N–H and O–H groups in total. The number of carbonyl (C=O) groups excluding carboxylic acids is 2. The standard InChI is InChI=1S/C18H22F3N3O3/c19-13-1-3-14(4-2-13)22-16(25)12-23-9-10-27-15(11-23)17(26)24-7-5-18(20,21)6-8-24/h1-4,15H,5-12H2,(H,22,25). The van der Waals surface area contributed by atoms with Gasteiger partial charge in [0.25, 0.3) is 11.8 Å². The number of nitrogens with one attached hydrogen (secondary N) is 1. The van der Waals surface area contributed by atoms with Crippen LogP contribution in [0, 0.1) is 5.82 Å². The first-order valence-electron chi connectivity index (χ1n) is 8.88. The van der Waals surface area contributed by atoms with Gasteiger partial charge in [0.05, 0.1) is 13.2 Å². The zero-order valence-corrected chi connectivity index (χ0v) is 14.8. The molecule has 1 unspecified atom stereocenters. The maximum absolute atomic E-state index is 13.2. The fourth-order valence-electron chi connectivity index (χ4n) is 3.19. The predicted octanol–water partition coefficient (Wildman–Crippen LogP) is 1.72. The van der Waals surface area contributed by atoms with Gasteiger partial charge in [-0.15, -0.1) is 0 Å². The highest BCUT2D eigenvalue weighted by Gasteiger charge is 2.38. The summed E-state index contributed by atoms with van der Waals surface area (Å²) >= 11 is 0. The highest BCUT2D eigenvalue weighted by Crippen LogP contribution is 2.28. The second kappa shape index (κ2) is 8.26. The third-order valence-corrected chi connectivity index (χ3v) is 4.73. The number of morpholine rings is 1. The first-order chi connectivity index (χ1) is 12.8. The molecule has 2 aliphatic rings. The largest absolute Gasteiger partial charge is 0.366 e. The number of halogens is 3. The van der Waals surface area contributed by atoms with Crippen molar-refractivity contribution in [2.75, 3.05) is 44.6 Å². The molecule has 27 heavy (non-hydrogen) atoms. The van der Waals surface area contributed by atoms with Gasteiger partial charge in [-0.25, -0.2) is 13.2 Å². The van der Waals surface area contributed by atoms with Gasteiger partial charge < -0.3 is 15.0 Å². The maximum Gasteiger partial charge on any atom is 0.253 e. The number of rotatable bonds is 4. The number of nitrogens with zero attached hydrogens (tertiary/aromatic N) is 2. The van der Waals surface area contributed by atoms with Crippen LogP contribution < -0.4 is 5.32 Å². The van der Waals surface area contributed by atoms with Crippen LogP contribution in [0.1, 0.15) is 12.8 Å². The van der Waals surface area contributed by atoms with E-state index < -0.39 is 17.8 Å². The van der Waals surface area contributed by atoms with Crippen molar-refractivity contribution in [3.63, 3.8) is 0 Å². The second-order valence-electron chi connectivity index (χ2n) is 6.83. The molecule has 1 aromatic rings. The average molecular weight is 385 g/mol. The van der Waals surface area contributed by atoms with Gasteiger partial charge in [0.15, 0.2) is 0 Å². The molecule has 6 nitrogen and oxygen atoms in total. The number of anilines is 1. The summed E-state index contributed by atoms with van der Waals surface area (Å²) in [5.74, 6) is -3.70. The molecule has 0 aromatic heterocycles. The van der Waals surface area contributed by atoms with Gasteiger partial charge in [0.2, 0.25) is 5.91 Å². The molecule has 0 radical (unpaired) electrons. The lowest BCUT2D eigenvalue weighted by atomic mass is 10.1. The van der Waals surface area contributed by atoms with Crippen molar-refractivity contribution in [1.82, 2.24) is 9.80 Å². The minimum atomic E-state index is -2.71. The normalized spacial score (nSPS) is 23.1. The lowest BCUT2D eigenvalue weighted by Crippen LogP contribution is -2.54. The van der Waals surface area contributed by atoms with E-state index in [1.54, 1.807) is 4.90 Å². The Labute approximate surface area is 155 Å².